The van der Waals surface area contributed by atoms with Crippen LogP contribution in [-0.2, 0) is 6.42 Å². The Balaban J connectivity index is 2.11. The van der Waals surface area contributed by atoms with Crippen molar-refractivity contribution in [1.82, 2.24) is 0 Å². The normalized spacial score (nSPS) is 12.8. The van der Waals surface area contributed by atoms with Crippen molar-refractivity contribution >= 4 is 6.08 Å². The minimum atomic E-state index is 0.963. The van der Waals surface area contributed by atoms with E-state index in [1.807, 2.05) is 6.07 Å². The van der Waals surface area contributed by atoms with Gasteiger partial charge in [0.25, 0.3) is 0 Å². The van der Waals surface area contributed by atoms with Crippen molar-refractivity contribution in [2.24, 2.45) is 0 Å². The molecule has 15 heavy (non-hydrogen) atoms. The van der Waals surface area contributed by atoms with Gasteiger partial charge in [0.15, 0.2) is 0 Å². The van der Waals surface area contributed by atoms with Gasteiger partial charge in [-0.25, -0.2) is 0 Å². The molecule has 0 amide bonds. The Morgan fingerprint density at radius 1 is 0.867 bits per heavy atom. The summed E-state index contributed by atoms with van der Waals surface area (Å²) in [5, 5.41) is 0. The molecule has 3 rings (SSSR count). The highest BCUT2D eigenvalue weighted by atomic mass is 14.1. The lowest BCUT2D eigenvalue weighted by Gasteiger charge is -2.04. The zero-order chi connectivity index (χ0) is 10.1. The SMILES string of the molecule is [C]1=Cc2cc(-c3ccccc3)ccc2C1. The van der Waals surface area contributed by atoms with Gasteiger partial charge in [-0.3, -0.25) is 0 Å². The van der Waals surface area contributed by atoms with Gasteiger partial charge < -0.3 is 0 Å². The number of allylic oxidation sites excluding steroid dienone is 1. The molecule has 1 aliphatic rings. The lowest BCUT2D eigenvalue weighted by molar-refractivity contribution is 1.28. The van der Waals surface area contributed by atoms with Gasteiger partial charge in [-0.1, -0.05) is 48.5 Å². The van der Waals surface area contributed by atoms with Crippen LogP contribution in [0, 0.1) is 6.08 Å². The van der Waals surface area contributed by atoms with Crippen LogP contribution in [0.25, 0.3) is 17.2 Å². The smallest absolute Gasteiger partial charge is 0.00168 e. The Morgan fingerprint density at radius 2 is 1.73 bits per heavy atom. The maximum Gasteiger partial charge on any atom is -0.00168 e. The Hall–Kier alpha value is -1.82. The van der Waals surface area contributed by atoms with Crippen molar-refractivity contribution in [2.75, 3.05) is 0 Å². The second-order valence-electron chi connectivity index (χ2n) is 3.80. The van der Waals surface area contributed by atoms with E-state index in [1.165, 1.54) is 22.3 Å². The molecule has 71 valence electrons. The van der Waals surface area contributed by atoms with E-state index in [4.69, 9.17) is 0 Å². The summed E-state index contributed by atoms with van der Waals surface area (Å²) < 4.78 is 0. The number of benzene rings is 2. The minimum Gasteiger partial charge on any atom is -0.0622 e. The van der Waals surface area contributed by atoms with Gasteiger partial charge in [-0.2, -0.15) is 0 Å². The van der Waals surface area contributed by atoms with Gasteiger partial charge in [0.2, 0.25) is 0 Å². The van der Waals surface area contributed by atoms with Crippen molar-refractivity contribution in [3.05, 3.63) is 65.7 Å². The van der Waals surface area contributed by atoms with E-state index >= 15 is 0 Å². The molecule has 0 saturated heterocycles. The summed E-state index contributed by atoms with van der Waals surface area (Å²) in [6.45, 7) is 0. The van der Waals surface area contributed by atoms with E-state index in [2.05, 4.69) is 54.6 Å². The molecule has 0 aliphatic heterocycles. The first-order valence-corrected chi connectivity index (χ1v) is 5.18. The van der Waals surface area contributed by atoms with Gasteiger partial charge in [0, 0.05) is 0 Å². The fraction of sp³-hybridized carbons (Fsp3) is 0.0667. The summed E-state index contributed by atoms with van der Waals surface area (Å²) in [6.07, 6.45) is 6.29. The minimum absolute atomic E-state index is 0.963. The first-order chi connectivity index (χ1) is 7.43. The molecule has 0 unspecified atom stereocenters. The van der Waals surface area contributed by atoms with Crippen LogP contribution in [0.3, 0.4) is 0 Å². The average Bonchev–Trinajstić information content (AvgIpc) is 2.77. The molecule has 2 aromatic carbocycles. The number of hydrogen-bond donors (Lipinski definition) is 0. The van der Waals surface area contributed by atoms with Crippen LogP contribution in [-0.4, -0.2) is 0 Å². The molecule has 1 radical (unpaired) electrons. The Kier molecular flexibility index (Phi) is 1.92. The van der Waals surface area contributed by atoms with Crippen LogP contribution in [0.2, 0.25) is 0 Å². The standard InChI is InChI=1S/C15H11/c1-2-5-12(6-3-1)15-10-9-13-7-4-8-14(13)11-15/h1-3,5-6,8-11H,7H2. The Labute approximate surface area is 89.9 Å². The monoisotopic (exact) mass is 191 g/mol. The van der Waals surface area contributed by atoms with Crippen molar-refractivity contribution in [3.63, 3.8) is 0 Å². The molecule has 0 atom stereocenters. The average molecular weight is 191 g/mol. The topological polar surface area (TPSA) is 0 Å². The fourth-order valence-electron chi connectivity index (χ4n) is 1.97. The van der Waals surface area contributed by atoms with Crippen LogP contribution < -0.4 is 0 Å². The van der Waals surface area contributed by atoms with Crippen molar-refractivity contribution in [3.8, 4) is 11.1 Å². The molecule has 1 aliphatic carbocycles. The molecule has 0 heteroatoms. The van der Waals surface area contributed by atoms with Crippen LogP contribution in [0.15, 0.2) is 48.5 Å². The third-order valence-electron chi connectivity index (χ3n) is 2.80. The number of rotatable bonds is 1. The molecule has 2 aromatic rings. The molecule has 0 nitrogen and oxygen atoms in total. The first-order valence-electron chi connectivity index (χ1n) is 5.18. The third-order valence-corrected chi connectivity index (χ3v) is 2.80. The summed E-state index contributed by atoms with van der Waals surface area (Å²) in [6, 6.07) is 17.1. The highest BCUT2D eigenvalue weighted by Gasteiger charge is 2.06. The molecule has 0 saturated carbocycles. The van der Waals surface area contributed by atoms with Crippen molar-refractivity contribution in [1.29, 1.82) is 0 Å². The quantitative estimate of drug-likeness (QED) is 0.644. The first kappa shape index (κ1) is 8.49. The van der Waals surface area contributed by atoms with Crippen molar-refractivity contribution in [2.45, 2.75) is 6.42 Å². The summed E-state index contributed by atoms with van der Waals surface area (Å²) in [5.74, 6) is 0. The molecular formula is C15H11. The highest BCUT2D eigenvalue weighted by Crippen LogP contribution is 2.26. The Bertz CT molecular complexity index is 507. The van der Waals surface area contributed by atoms with Crippen LogP contribution in [0.5, 0.6) is 0 Å². The van der Waals surface area contributed by atoms with Crippen LogP contribution >= 0.6 is 0 Å². The summed E-state index contributed by atoms with van der Waals surface area (Å²) in [7, 11) is 0. The lowest BCUT2D eigenvalue weighted by Crippen LogP contribution is -1.83. The molecule has 0 fully saturated rings. The summed E-state index contributed by atoms with van der Waals surface area (Å²) >= 11 is 0. The zero-order valence-electron chi connectivity index (χ0n) is 8.40. The van der Waals surface area contributed by atoms with Crippen LogP contribution in [0.4, 0.5) is 0 Å². The number of fused-ring (bicyclic) bond motifs is 1. The fourth-order valence-corrected chi connectivity index (χ4v) is 1.97. The van der Waals surface area contributed by atoms with Gasteiger partial charge in [0.05, 0.1) is 0 Å². The van der Waals surface area contributed by atoms with Crippen molar-refractivity contribution < 1.29 is 0 Å². The van der Waals surface area contributed by atoms with Gasteiger partial charge in [-0.05, 0) is 40.8 Å². The third kappa shape index (κ3) is 1.48. The maximum absolute atomic E-state index is 3.24. The summed E-state index contributed by atoms with van der Waals surface area (Å²) in [5.41, 5.74) is 5.26. The van der Waals surface area contributed by atoms with E-state index < -0.39 is 0 Å². The zero-order valence-corrected chi connectivity index (χ0v) is 8.40. The van der Waals surface area contributed by atoms with Gasteiger partial charge in [0.1, 0.15) is 0 Å². The molecule has 0 aromatic heterocycles. The molecule has 0 bridgehead atoms. The number of hydrogen-bond acceptors (Lipinski definition) is 0. The second kappa shape index (κ2) is 3.39. The van der Waals surface area contributed by atoms with E-state index in [0.717, 1.165) is 6.42 Å². The highest BCUT2D eigenvalue weighted by molar-refractivity contribution is 5.70. The predicted molar refractivity (Wildman–Crippen MR) is 63.3 cm³/mol. The van der Waals surface area contributed by atoms with E-state index in [-0.39, 0.29) is 0 Å². The van der Waals surface area contributed by atoms with Gasteiger partial charge >= 0.3 is 0 Å². The molecule has 0 heterocycles. The predicted octanol–water partition coefficient (Wildman–Crippen LogP) is 3.73. The van der Waals surface area contributed by atoms with E-state index in [0.29, 0.717) is 0 Å². The molecular weight excluding hydrogens is 180 g/mol. The lowest BCUT2D eigenvalue weighted by atomic mass is 10.0. The Morgan fingerprint density at radius 3 is 2.60 bits per heavy atom. The largest absolute Gasteiger partial charge is 0.0622 e. The van der Waals surface area contributed by atoms with E-state index in [1.54, 1.807) is 0 Å². The second-order valence-corrected chi connectivity index (χ2v) is 3.80. The molecule has 0 spiro atoms. The van der Waals surface area contributed by atoms with E-state index in [9.17, 15) is 0 Å². The van der Waals surface area contributed by atoms with Crippen LogP contribution in [0.1, 0.15) is 11.1 Å². The summed E-state index contributed by atoms with van der Waals surface area (Å²) in [4.78, 5) is 0. The molecule has 0 N–H and O–H groups in total. The van der Waals surface area contributed by atoms with Gasteiger partial charge in [-0.15, -0.1) is 0 Å². The maximum atomic E-state index is 3.24.